The summed E-state index contributed by atoms with van der Waals surface area (Å²) in [6.45, 7) is 6.25. The van der Waals surface area contributed by atoms with Crippen LogP contribution in [0.3, 0.4) is 0 Å². The molecule has 0 spiro atoms. The fraction of sp³-hybridized carbons (Fsp3) is 0.642. The van der Waals surface area contributed by atoms with Gasteiger partial charge in [-0.1, -0.05) is 195 Å². The van der Waals surface area contributed by atoms with Gasteiger partial charge >= 0.3 is 17.9 Å². The molecule has 0 aromatic rings. The summed E-state index contributed by atoms with van der Waals surface area (Å²) in [4.78, 5) is 37.7. The van der Waals surface area contributed by atoms with Gasteiger partial charge in [-0.15, -0.1) is 0 Å². The van der Waals surface area contributed by atoms with Gasteiger partial charge in [-0.2, -0.15) is 0 Å². The molecule has 1 unspecified atom stereocenters. The Morgan fingerprint density at radius 2 is 0.797 bits per heavy atom. The minimum atomic E-state index is -0.825. The average Bonchev–Trinajstić information content (AvgIpc) is 3.23. The fourth-order valence-corrected chi connectivity index (χ4v) is 6.13. The van der Waals surface area contributed by atoms with Crippen molar-refractivity contribution in [2.45, 2.75) is 207 Å². The maximum atomic E-state index is 12.7. The van der Waals surface area contributed by atoms with E-state index in [2.05, 4.69) is 106 Å². The Hall–Kier alpha value is -3.67. The standard InChI is InChI=1S/C53H86O6/c1-4-7-10-13-16-19-21-23-25-26-27-28-30-31-34-37-40-43-46-52(55)58-49-50(48-57-51(54)45-42-39-36-33-18-15-12-9-6-3)59-53(56)47-44-41-38-35-32-29-24-22-20-17-14-11-8-5-2/h8-9,11-12,17-18,20-21,23,25-28,33,39,42,50H,4-7,10,13-16,19,22,24,29-32,34-38,40-41,43-49H2,1-3H3/b11-8-,12-9-,20-17-,23-21-,26-25-,28-27-,33-18-,42-39-. The summed E-state index contributed by atoms with van der Waals surface area (Å²) in [6, 6.07) is 0. The maximum Gasteiger partial charge on any atom is 0.309 e. The number of hydrogen-bond donors (Lipinski definition) is 0. The monoisotopic (exact) mass is 819 g/mol. The summed E-state index contributed by atoms with van der Waals surface area (Å²) >= 11 is 0. The van der Waals surface area contributed by atoms with Crippen molar-refractivity contribution in [2.24, 2.45) is 0 Å². The van der Waals surface area contributed by atoms with Crippen LogP contribution in [0.25, 0.3) is 0 Å². The van der Waals surface area contributed by atoms with Crippen molar-refractivity contribution in [3.63, 3.8) is 0 Å². The summed E-state index contributed by atoms with van der Waals surface area (Å²) in [6.07, 6.45) is 61.4. The van der Waals surface area contributed by atoms with E-state index in [9.17, 15) is 14.4 Å². The lowest BCUT2D eigenvalue weighted by Crippen LogP contribution is -2.30. The molecule has 0 radical (unpaired) electrons. The van der Waals surface area contributed by atoms with Crippen LogP contribution in [0, 0.1) is 0 Å². The summed E-state index contributed by atoms with van der Waals surface area (Å²) < 4.78 is 16.6. The number of esters is 3. The third-order valence-electron chi connectivity index (χ3n) is 9.65. The van der Waals surface area contributed by atoms with Crippen molar-refractivity contribution in [1.82, 2.24) is 0 Å². The predicted octanol–water partition coefficient (Wildman–Crippen LogP) is 15.4. The van der Waals surface area contributed by atoms with Gasteiger partial charge in [0, 0.05) is 12.8 Å². The number of unbranched alkanes of at least 4 members (excludes halogenated alkanes) is 17. The van der Waals surface area contributed by atoms with Gasteiger partial charge in [0.05, 0.1) is 6.42 Å². The largest absolute Gasteiger partial charge is 0.462 e. The molecule has 6 nitrogen and oxygen atoms in total. The van der Waals surface area contributed by atoms with Crippen molar-refractivity contribution >= 4 is 17.9 Å². The predicted molar refractivity (Wildman–Crippen MR) is 251 cm³/mol. The van der Waals surface area contributed by atoms with Crippen LogP contribution >= 0.6 is 0 Å². The molecule has 6 heteroatoms. The van der Waals surface area contributed by atoms with Gasteiger partial charge in [-0.25, -0.2) is 0 Å². The van der Waals surface area contributed by atoms with Gasteiger partial charge in [-0.3, -0.25) is 14.4 Å². The zero-order chi connectivity index (χ0) is 43.0. The second kappa shape index (κ2) is 47.0. The first-order valence-electron chi connectivity index (χ1n) is 23.8. The molecule has 0 amide bonds. The third kappa shape index (κ3) is 45.3. The van der Waals surface area contributed by atoms with E-state index in [1.54, 1.807) is 6.08 Å². The van der Waals surface area contributed by atoms with E-state index in [1.165, 1.54) is 57.8 Å². The topological polar surface area (TPSA) is 78.9 Å². The van der Waals surface area contributed by atoms with Crippen molar-refractivity contribution in [3.8, 4) is 0 Å². The summed E-state index contributed by atoms with van der Waals surface area (Å²) in [5.74, 6) is -1.08. The highest BCUT2D eigenvalue weighted by molar-refractivity contribution is 5.72. The summed E-state index contributed by atoms with van der Waals surface area (Å²) in [5.41, 5.74) is 0. The van der Waals surface area contributed by atoms with Gasteiger partial charge in [0.15, 0.2) is 6.10 Å². The maximum absolute atomic E-state index is 12.7. The Balaban J connectivity index is 4.45. The molecule has 0 fully saturated rings. The number of hydrogen-bond acceptors (Lipinski definition) is 6. The molecule has 59 heavy (non-hydrogen) atoms. The van der Waals surface area contributed by atoms with E-state index >= 15 is 0 Å². The van der Waals surface area contributed by atoms with E-state index in [-0.39, 0.29) is 31.6 Å². The summed E-state index contributed by atoms with van der Waals surface area (Å²) in [5, 5.41) is 0. The van der Waals surface area contributed by atoms with Crippen LogP contribution in [0.2, 0.25) is 0 Å². The lowest BCUT2D eigenvalue weighted by Gasteiger charge is -2.18. The van der Waals surface area contributed by atoms with Gasteiger partial charge in [0.1, 0.15) is 13.2 Å². The molecular weight excluding hydrogens is 733 g/mol. The molecule has 0 aliphatic heterocycles. The average molecular weight is 819 g/mol. The summed E-state index contributed by atoms with van der Waals surface area (Å²) in [7, 11) is 0. The molecule has 0 aliphatic rings. The van der Waals surface area contributed by atoms with Crippen LogP contribution in [0.15, 0.2) is 97.2 Å². The number of allylic oxidation sites excluding steroid dienone is 15. The Bertz CT molecular complexity index is 1220. The highest BCUT2D eigenvalue weighted by atomic mass is 16.6. The zero-order valence-electron chi connectivity index (χ0n) is 38.0. The molecule has 0 saturated carbocycles. The number of carbonyl (C=O) groups is 3. The van der Waals surface area contributed by atoms with Gasteiger partial charge < -0.3 is 14.2 Å². The molecule has 0 rings (SSSR count). The van der Waals surface area contributed by atoms with Crippen molar-refractivity contribution < 1.29 is 28.6 Å². The SMILES string of the molecule is CC/C=C\C/C=C\C/C=C\CC(=O)OCC(COC(=O)CCCCCCC\C=C/C=C\C=C/CCCCCCC)OC(=O)CCCCCCCCC/C=C\C/C=C\CC. The molecular formula is C53H86O6. The molecule has 0 saturated heterocycles. The Kier molecular flexibility index (Phi) is 44.1. The molecule has 0 bridgehead atoms. The van der Waals surface area contributed by atoms with Crippen molar-refractivity contribution in [2.75, 3.05) is 13.2 Å². The van der Waals surface area contributed by atoms with E-state index in [0.29, 0.717) is 12.8 Å². The van der Waals surface area contributed by atoms with Crippen molar-refractivity contribution in [3.05, 3.63) is 97.2 Å². The quantitative estimate of drug-likeness (QED) is 0.0201. The molecule has 0 heterocycles. The molecule has 0 aromatic carbocycles. The van der Waals surface area contributed by atoms with Crippen LogP contribution in [0.5, 0.6) is 0 Å². The second-order valence-corrected chi connectivity index (χ2v) is 15.3. The fourth-order valence-electron chi connectivity index (χ4n) is 6.13. The number of ether oxygens (including phenoxy) is 3. The van der Waals surface area contributed by atoms with Gasteiger partial charge in [0.2, 0.25) is 0 Å². The first-order valence-corrected chi connectivity index (χ1v) is 23.8. The molecule has 1 atom stereocenters. The van der Waals surface area contributed by atoms with E-state index < -0.39 is 12.1 Å². The Morgan fingerprint density at radius 1 is 0.390 bits per heavy atom. The van der Waals surface area contributed by atoms with E-state index in [0.717, 1.165) is 103 Å². The van der Waals surface area contributed by atoms with Crippen LogP contribution < -0.4 is 0 Å². The van der Waals surface area contributed by atoms with Crippen molar-refractivity contribution in [1.29, 1.82) is 0 Å². The highest BCUT2D eigenvalue weighted by Crippen LogP contribution is 2.13. The van der Waals surface area contributed by atoms with Crippen LogP contribution in [-0.2, 0) is 28.6 Å². The second-order valence-electron chi connectivity index (χ2n) is 15.3. The normalized spacial score (nSPS) is 12.9. The number of carbonyl (C=O) groups excluding carboxylic acids is 3. The third-order valence-corrected chi connectivity index (χ3v) is 9.65. The first kappa shape index (κ1) is 55.3. The Morgan fingerprint density at radius 3 is 1.32 bits per heavy atom. The lowest BCUT2D eigenvalue weighted by molar-refractivity contribution is -0.166. The van der Waals surface area contributed by atoms with Gasteiger partial charge in [-0.05, 0) is 83.5 Å². The molecule has 0 N–H and O–H groups in total. The molecule has 0 aliphatic carbocycles. The Labute approximate surface area is 362 Å². The van der Waals surface area contributed by atoms with Gasteiger partial charge in [0.25, 0.3) is 0 Å². The highest BCUT2D eigenvalue weighted by Gasteiger charge is 2.19. The zero-order valence-corrected chi connectivity index (χ0v) is 38.0. The minimum Gasteiger partial charge on any atom is -0.462 e. The molecule has 334 valence electrons. The minimum absolute atomic E-state index is 0.120. The number of rotatable bonds is 41. The van der Waals surface area contributed by atoms with Crippen LogP contribution in [0.1, 0.15) is 201 Å². The van der Waals surface area contributed by atoms with Crippen LogP contribution in [0.4, 0.5) is 0 Å². The van der Waals surface area contributed by atoms with Crippen LogP contribution in [-0.4, -0.2) is 37.2 Å². The van der Waals surface area contributed by atoms with E-state index in [1.807, 2.05) is 6.08 Å². The smallest absolute Gasteiger partial charge is 0.309 e. The van der Waals surface area contributed by atoms with E-state index in [4.69, 9.17) is 14.2 Å². The first-order chi connectivity index (χ1) is 29.0. The lowest BCUT2D eigenvalue weighted by atomic mass is 10.1. The molecule has 0 aromatic heterocycles.